The molecular formula is C25H28N4O3. The molecule has 32 heavy (non-hydrogen) atoms. The lowest BCUT2D eigenvalue weighted by Gasteiger charge is -2.35. The van der Waals surface area contributed by atoms with Gasteiger partial charge in [-0.3, -0.25) is 14.4 Å². The van der Waals surface area contributed by atoms with Gasteiger partial charge in [0.25, 0.3) is 5.91 Å². The predicted molar refractivity (Wildman–Crippen MR) is 123 cm³/mol. The van der Waals surface area contributed by atoms with Gasteiger partial charge < -0.3 is 20.1 Å². The van der Waals surface area contributed by atoms with E-state index in [-0.39, 0.29) is 17.7 Å². The van der Waals surface area contributed by atoms with E-state index in [1.165, 1.54) is 0 Å². The number of piperazine rings is 1. The van der Waals surface area contributed by atoms with Crippen LogP contribution in [-0.2, 0) is 16.0 Å². The van der Waals surface area contributed by atoms with Crippen molar-refractivity contribution >= 4 is 28.6 Å². The van der Waals surface area contributed by atoms with E-state index in [0.717, 1.165) is 16.5 Å². The van der Waals surface area contributed by atoms with E-state index < -0.39 is 0 Å². The van der Waals surface area contributed by atoms with Crippen LogP contribution in [0.4, 0.5) is 0 Å². The summed E-state index contributed by atoms with van der Waals surface area (Å²) in [4.78, 5) is 44.1. The third-order valence-corrected chi connectivity index (χ3v) is 5.89. The fourth-order valence-electron chi connectivity index (χ4n) is 4.05. The average Bonchev–Trinajstić information content (AvgIpc) is 3.25. The van der Waals surface area contributed by atoms with Crippen LogP contribution in [0.2, 0.25) is 0 Å². The van der Waals surface area contributed by atoms with Crippen LogP contribution in [0.5, 0.6) is 0 Å². The van der Waals surface area contributed by atoms with Crippen molar-refractivity contribution in [2.45, 2.75) is 19.3 Å². The number of nitrogens with zero attached hydrogens (tertiary/aromatic N) is 2. The maximum atomic E-state index is 12.7. The molecule has 2 heterocycles. The molecule has 7 heteroatoms. The maximum absolute atomic E-state index is 12.7. The second-order valence-corrected chi connectivity index (χ2v) is 8.02. The summed E-state index contributed by atoms with van der Waals surface area (Å²) in [6.07, 6.45) is 3.24. The molecule has 1 saturated heterocycles. The number of fused-ring (bicyclic) bond motifs is 1. The first kappa shape index (κ1) is 21.6. The zero-order valence-corrected chi connectivity index (χ0v) is 18.0. The van der Waals surface area contributed by atoms with E-state index in [1.54, 1.807) is 12.1 Å². The zero-order valence-electron chi connectivity index (χ0n) is 18.0. The van der Waals surface area contributed by atoms with Gasteiger partial charge in [-0.1, -0.05) is 36.4 Å². The third-order valence-electron chi connectivity index (χ3n) is 5.89. The monoisotopic (exact) mass is 432 g/mol. The quantitative estimate of drug-likeness (QED) is 0.563. The van der Waals surface area contributed by atoms with Gasteiger partial charge in [-0.15, -0.1) is 0 Å². The van der Waals surface area contributed by atoms with Crippen LogP contribution in [-0.4, -0.2) is 65.2 Å². The topological polar surface area (TPSA) is 85.5 Å². The van der Waals surface area contributed by atoms with Gasteiger partial charge in [-0.05, 0) is 30.2 Å². The van der Waals surface area contributed by atoms with Crippen LogP contribution >= 0.6 is 0 Å². The Kier molecular flexibility index (Phi) is 6.84. The highest BCUT2D eigenvalue weighted by Crippen LogP contribution is 2.19. The Morgan fingerprint density at radius 2 is 1.50 bits per heavy atom. The van der Waals surface area contributed by atoms with Crippen molar-refractivity contribution in [1.29, 1.82) is 0 Å². The molecule has 1 aromatic heterocycles. The maximum Gasteiger partial charge on any atom is 0.251 e. The van der Waals surface area contributed by atoms with E-state index >= 15 is 0 Å². The first-order valence-corrected chi connectivity index (χ1v) is 11.1. The van der Waals surface area contributed by atoms with Gasteiger partial charge in [0.1, 0.15) is 0 Å². The van der Waals surface area contributed by atoms with Crippen molar-refractivity contribution in [2.24, 2.45) is 0 Å². The van der Waals surface area contributed by atoms with Gasteiger partial charge in [-0.25, -0.2) is 0 Å². The van der Waals surface area contributed by atoms with E-state index in [1.807, 2.05) is 58.5 Å². The molecule has 2 N–H and O–H groups in total. The SMILES string of the molecule is O=C(NCCCC(=O)N1CCN(C(=O)Cc2c[nH]c3ccccc23)CC1)c1ccccc1. The minimum atomic E-state index is -0.125. The highest BCUT2D eigenvalue weighted by Gasteiger charge is 2.24. The molecule has 3 amide bonds. The van der Waals surface area contributed by atoms with E-state index in [4.69, 9.17) is 0 Å². The average molecular weight is 433 g/mol. The molecule has 0 bridgehead atoms. The molecule has 1 fully saturated rings. The first-order chi connectivity index (χ1) is 15.6. The molecule has 7 nitrogen and oxygen atoms in total. The van der Waals surface area contributed by atoms with Gasteiger partial charge >= 0.3 is 0 Å². The number of nitrogens with one attached hydrogen (secondary N) is 2. The molecule has 2 aromatic carbocycles. The first-order valence-electron chi connectivity index (χ1n) is 11.1. The lowest BCUT2D eigenvalue weighted by molar-refractivity contribution is -0.139. The smallest absolute Gasteiger partial charge is 0.251 e. The van der Waals surface area contributed by atoms with Crippen LogP contribution in [0.25, 0.3) is 10.9 Å². The van der Waals surface area contributed by atoms with Crippen molar-refractivity contribution in [2.75, 3.05) is 32.7 Å². The number of aromatic amines is 1. The van der Waals surface area contributed by atoms with Crippen molar-refractivity contribution in [3.8, 4) is 0 Å². The van der Waals surface area contributed by atoms with Crippen molar-refractivity contribution in [1.82, 2.24) is 20.1 Å². The Morgan fingerprint density at radius 3 is 2.25 bits per heavy atom. The van der Waals surface area contributed by atoms with Crippen molar-refractivity contribution in [3.63, 3.8) is 0 Å². The molecule has 0 aliphatic carbocycles. The second-order valence-electron chi connectivity index (χ2n) is 8.02. The molecule has 166 valence electrons. The number of amides is 3. The van der Waals surface area contributed by atoms with E-state index in [0.29, 0.717) is 57.5 Å². The van der Waals surface area contributed by atoms with Crippen molar-refractivity contribution in [3.05, 3.63) is 71.9 Å². The Balaban J connectivity index is 1.17. The van der Waals surface area contributed by atoms with Gasteiger partial charge in [0.15, 0.2) is 0 Å². The van der Waals surface area contributed by atoms with Gasteiger partial charge in [0.05, 0.1) is 6.42 Å². The summed E-state index contributed by atoms with van der Waals surface area (Å²) >= 11 is 0. The standard InChI is InChI=1S/C25H28N4O3/c30-23(11-6-12-26-25(32)19-7-2-1-3-8-19)28-13-15-29(16-14-28)24(31)17-20-18-27-22-10-5-4-9-21(20)22/h1-5,7-10,18,27H,6,11-17H2,(H,26,32). The number of carbonyl (C=O) groups is 3. The molecule has 4 rings (SSSR count). The summed E-state index contributed by atoms with van der Waals surface area (Å²) < 4.78 is 0. The van der Waals surface area contributed by atoms with Crippen LogP contribution in [0.15, 0.2) is 60.8 Å². The minimum absolute atomic E-state index is 0.0719. The van der Waals surface area contributed by atoms with E-state index in [2.05, 4.69) is 10.3 Å². The fourth-order valence-corrected chi connectivity index (χ4v) is 4.05. The minimum Gasteiger partial charge on any atom is -0.361 e. The lowest BCUT2D eigenvalue weighted by atomic mass is 10.1. The Hall–Kier alpha value is -3.61. The second kappa shape index (κ2) is 10.1. The molecule has 3 aromatic rings. The highest BCUT2D eigenvalue weighted by molar-refractivity contribution is 5.94. The van der Waals surface area contributed by atoms with Crippen LogP contribution in [0.1, 0.15) is 28.8 Å². The van der Waals surface area contributed by atoms with Gasteiger partial charge in [0, 0.05) is 61.8 Å². The summed E-state index contributed by atoms with van der Waals surface area (Å²) in [7, 11) is 0. The van der Waals surface area contributed by atoms with Crippen molar-refractivity contribution < 1.29 is 14.4 Å². The number of hydrogen-bond donors (Lipinski definition) is 2. The van der Waals surface area contributed by atoms with Gasteiger partial charge in [0.2, 0.25) is 11.8 Å². The number of aromatic nitrogens is 1. The molecule has 0 radical (unpaired) electrons. The number of carbonyl (C=O) groups excluding carboxylic acids is 3. The van der Waals surface area contributed by atoms with Crippen LogP contribution in [0.3, 0.4) is 0 Å². The predicted octanol–water partition coefficient (Wildman–Crippen LogP) is 2.59. The number of para-hydroxylation sites is 1. The normalized spacial score (nSPS) is 13.9. The lowest BCUT2D eigenvalue weighted by Crippen LogP contribution is -2.51. The van der Waals surface area contributed by atoms with E-state index in [9.17, 15) is 14.4 Å². The number of benzene rings is 2. The molecule has 0 spiro atoms. The number of hydrogen-bond acceptors (Lipinski definition) is 3. The molecule has 1 aliphatic rings. The summed E-state index contributed by atoms with van der Waals surface area (Å²) in [6, 6.07) is 17.0. The summed E-state index contributed by atoms with van der Waals surface area (Å²) in [6.45, 7) is 2.67. The summed E-state index contributed by atoms with van der Waals surface area (Å²) in [5.41, 5.74) is 2.65. The molecular weight excluding hydrogens is 404 g/mol. The van der Waals surface area contributed by atoms with Crippen LogP contribution < -0.4 is 5.32 Å². The zero-order chi connectivity index (χ0) is 22.3. The number of H-pyrrole nitrogens is 1. The summed E-state index contributed by atoms with van der Waals surface area (Å²) in [5.74, 6) is 0.0357. The largest absolute Gasteiger partial charge is 0.361 e. The molecule has 0 unspecified atom stereocenters. The fraction of sp³-hybridized carbons (Fsp3) is 0.320. The summed E-state index contributed by atoms with van der Waals surface area (Å²) in [5, 5.41) is 3.93. The molecule has 0 atom stereocenters. The van der Waals surface area contributed by atoms with Gasteiger partial charge in [-0.2, -0.15) is 0 Å². The highest BCUT2D eigenvalue weighted by atomic mass is 16.2. The Morgan fingerprint density at radius 1 is 0.844 bits per heavy atom. The number of rotatable bonds is 7. The molecule has 1 aliphatic heterocycles. The Labute approximate surface area is 187 Å². The Bertz CT molecular complexity index is 1080. The molecule has 0 saturated carbocycles. The third kappa shape index (κ3) is 5.17. The van der Waals surface area contributed by atoms with Crippen LogP contribution in [0, 0.1) is 0 Å².